The fourth-order valence-corrected chi connectivity index (χ4v) is 12.5. The van der Waals surface area contributed by atoms with Crippen molar-refractivity contribution in [2.45, 2.75) is 91.3 Å². The van der Waals surface area contributed by atoms with Crippen LogP contribution < -0.4 is 30.0 Å². The van der Waals surface area contributed by atoms with E-state index in [0.717, 1.165) is 50.0 Å². The van der Waals surface area contributed by atoms with Gasteiger partial charge in [0.25, 0.3) is 10.7 Å². The molecular weight excluding hydrogens is 1290 g/mol. The number of hydrogen-bond acceptors (Lipinski definition) is 10. The molecule has 0 saturated carbocycles. The van der Waals surface area contributed by atoms with Gasteiger partial charge in [0.2, 0.25) is 5.82 Å². The predicted molar refractivity (Wildman–Crippen MR) is 350 cm³/mol. The molecule has 10 rings (SSSR count). The lowest BCUT2D eigenvalue weighted by atomic mass is 10.0. The SMILES string of the molecule is CC(C)N(Cc1cccc(-c2scc[n+]2-c2cc(C(F)(F)F)cc(NC(=O)N(Cc3cccc(-c4nccs4)c3)C(C)C)c2F)c1)C(=O)Nc1ccc(Oc2cccc(CC(C)N(Cc3cccc(-c4nccs4)c3)C(=O)Nc3ccc(OC(F)(F)F)cc3Cl)c2)cc1. The lowest BCUT2D eigenvalue weighted by molar-refractivity contribution is -0.581. The van der Waals surface area contributed by atoms with Crippen LogP contribution in [-0.2, 0) is 32.2 Å². The van der Waals surface area contributed by atoms with Gasteiger partial charge in [-0.1, -0.05) is 83.6 Å². The quantitative estimate of drug-likeness (QED) is 0.0480. The van der Waals surface area contributed by atoms with Crippen LogP contribution in [0.1, 0.15) is 62.4 Å². The molecule has 0 fully saturated rings. The molecule has 0 radical (unpaired) electrons. The van der Waals surface area contributed by atoms with Crippen LogP contribution in [0.2, 0.25) is 5.02 Å². The first-order valence-electron chi connectivity index (χ1n) is 29.0. The van der Waals surface area contributed by atoms with Gasteiger partial charge < -0.3 is 40.1 Å². The Morgan fingerprint density at radius 3 is 1.65 bits per heavy atom. The number of urea groups is 3. The Balaban J connectivity index is 0.798. The van der Waals surface area contributed by atoms with E-state index in [-0.39, 0.29) is 36.4 Å². The average Bonchev–Trinajstić information content (AvgIpc) is 1.77. The summed E-state index contributed by atoms with van der Waals surface area (Å²) >= 11 is 10.4. The van der Waals surface area contributed by atoms with E-state index in [1.165, 1.54) is 55.7 Å². The van der Waals surface area contributed by atoms with E-state index in [0.29, 0.717) is 51.9 Å². The van der Waals surface area contributed by atoms with E-state index in [4.69, 9.17) is 16.3 Å². The first kappa shape index (κ1) is 66.6. The Kier molecular flexibility index (Phi) is 20.8. The number of benzene rings is 7. The smallest absolute Gasteiger partial charge is 0.457 e. The van der Waals surface area contributed by atoms with Crippen molar-refractivity contribution in [3.05, 3.63) is 225 Å². The molecular formula is C68H60ClF7N9O5S3+. The number of hydrogen-bond donors (Lipinski definition) is 3. The number of carbonyl (C=O) groups excluding carboxylic acids is 3. The molecule has 0 saturated heterocycles. The minimum atomic E-state index is -4.94. The topological polar surface area (TPSA) is 145 Å². The molecule has 6 amide bonds. The highest BCUT2D eigenvalue weighted by Gasteiger charge is 2.37. The largest absolute Gasteiger partial charge is 0.573 e. The van der Waals surface area contributed by atoms with E-state index < -0.39 is 71.2 Å². The minimum absolute atomic E-state index is 0.0789. The number of halogens is 8. The van der Waals surface area contributed by atoms with Crippen molar-refractivity contribution in [1.29, 1.82) is 0 Å². The summed E-state index contributed by atoms with van der Waals surface area (Å²) in [5.74, 6) is -0.677. The van der Waals surface area contributed by atoms with Crippen molar-refractivity contribution in [3.63, 3.8) is 0 Å². The van der Waals surface area contributed by atoms with E-state index in [2.05, 4.69) is 30.7 Å². The third kappa shape index (κ3) is 17.2. The number of aromatic nitrogens is 3. The number of alkyl halides is 6. The maximum atomic E-state index is 16.8. The zero-order valence-corrected chi connectivity index (χ0v) is 53.6. The number of nitrogens with zero attached hydrogens (tertiary/aromatic N) is 6. The van der Waals surface area contributed by atoms with Gasteiger partial charge in [0, 0.05) is 89.9 Å². The molecule has 1 unspecified atom stereocenters. The van der Waals surface area contributed by atoms with Crippen LogP contribution >= 0.6 is 45.6 Å². The zero-order chi connectivity index (χ0) is 66.1. The van der Waals surface area contributed by atoms with Crippen LogP contribution in [0.5, 0.6) is 17.2 Å². The maximum absolute atomic E-state index is 16.8. The van der Waals surface area contributed by atoms with Gasteiger partial charge in [-0.25, -0.2) is 24.4 Å². The highest BCUT2D eigenvalue weighted by Crippen LogP contribution is 2.37. The molecule has 3 aromatic heterocycles. The predicted octanol–water partition coefficient (Wildman–Crippen LogP) is 19.0. The van der Waals surface area contributed by atoms with Gasteiger partial charge in [-0.3, -0.25) is 0 Å². The molecule has 0 bridgehead atoms. The van der Waals surface area contributed by atoms with Crippen LogP contribution in [0.4, 0.5) is 62.2 Å². The Labute approximate surface area is 548 Å². The van der Waals surface area contributed by atoms with Crippen molar-refractivity contribution in [3.8, 4) is 54.6 Å². The summed E-state index contributed by atoms with van der Waals surface area (Å²) in [6.07, 6.45) is -4.65. The van der Waals surface area contributed by atoms with E-state index in [1.54, 1.807) is 96.0 Å². The van der Waals surface area contributed by atoms with Gasteiger partial charge in [0.1, 0.15) is 27.3 Å². The first-order valence-corrected chi connectivity index (χ1v) is 32.0. The van der Waals surface area contributed by atoms with Gasteiger partial charge in [0.15, 0.2) is 6.20 Å². The second-order valence-electron chi connectivity index (χ2n) is 22.1. The van der Waals surface area contributed by atoms with Gasteiger partial charge in [0.05, 0.1) is 32.9 Å². The summed E-state index contributed by atoms with van der Waals surface area (Å²) in [4.78, 5) is 55.5. The van der Waals surface area contributed by atoms with Crippen molar-refractivity contribution in [1.82, 2.24) is 24.7 Å². The van der Waals surface area contributed by atoms with Gasteiger partial charge in [-0.05, 0) is 142 Å². The molecule has 0 aliphatic carbocycles. The fourth-order valence-electron chi connectivity index (χ4n) is 10.1. The number of ether oxygens (including phenoxy) is 2. The number of rotatable bonds is 21. The molecule has 3 N–H and O–H groups in total. The molecule has 480 valence electrons. The van der Waals surface area contributed by atoms with Crippen LogP contribution in [0.15, 0.2) is 186 Å². The normalized spacial score (nSPS) is 11.9. The van der Waals surface area contributed by atoms with Crippen LogP contribution in [0.25, 0.3) is 37.4 Å². The average molecular weight is 1350 g/mol. The molecule has 0 spiro atoms. The summed E-state index contributed by atoms with van der Waals surface area (Å²) in [5, 5.41) is 15.3. The van der Waals surface area contributed by atoms with Gasteiger partial charge in [-0.2, -0.15) is 17.6 Å². The molecule has 0 aliphatic heterocycles. The number of anilines is 3. The summed E-state index contributed by atoms with van der Waals surface area (Å²) < 4.78 is 111. The van der Waals surface area contributed by atoms with Crippen LogP contribution in [0, 0.1) is 5.82 Å². The third-order valence-electron chi connectivity index (χ3n) is 14.7. The summed E-state index contributed by atoms with van der Waals surface area (Å²) in [7, 11) is 0. The standard InChI is InChI=1S/C68H59ClF7N9O5S3/c1-41(2)83(39-47-13-8-16-50(33-47)63-82(26-29-93-63)59-36-51(67(71,72)73)35-58(60(59)70)81-65(87)84(42(3)4)38-45-11-6-14-48(31-45)61-77-24-27-91-61)64(86)79-52-18-20-53(21-19-52)89-54-17-9-10-44(34-54)30-43(5)85(40-46-12-7-15-49(32-46)62-78-25-28-92-62)66(88)80-57-23-22-55(37-56(57)69)90-68(74,75)76/h6-29,31-37,41-43H,30,38-40H2,1-5H3,(H2-,79,80,81,86,87,88)/p+1. The molecule has 7 aromatic carbocycles. The monoisotopic (exact) mass is 1350 g/mol. The lowest BCUT2D eigenvalue weighted by Gasteiger charge is -2.30. The molecule has 14 nitrogen and oxygen atoms in total. The van der Waals surface area contributed by atoms with Crippen molar-refractivity contribution < 1.29 is 59.2 Å². The second kappa shape index (κ2) is 29.1. The third-order valence-corrected chi connectivity index (χ3v) is 17.6. The summed E-state index contributed by atoms with van der Waals surface area (Å²) in [6.45, 7) is 9.42. The number of thiazole rings is 3. The van der Waals surface area contributed by atoms with Crippen molar-refractivity contribution in [2.75, 3.05) is 16.0 Å². The number of carbonyl (C=O) groups is 3. The summed E-state index contributed by atoms with van der Waals surface area (Å²) in [6, 6.07) is 37.8. The van der Waals surface area contributed by atoms with Gasteiger partial charge >= 0.3 is 30.6 Å². The van der Waals surface area contributed by atoms with E-state index in [9.17, 15) is 40.7 Å². The first-order chi connectivity index (χ1) is 44.4. The van der Waals surface area contributed by atoms with Crippen molar-refractivity contribution >= 4 is 80.8 Å². The van der Waals surface area contributed by atoms with Crippen molar-refractivity contribution in [2.24, 2.45) is 0 Å². The second-order valence-corrected chi connectivity index (χ2v) is 25.2. The maximum Gasteiger partial charge on any atom is 0.573 e. The highest BCUT2D eigenvalue weighted by molar-refractivity contribution is 7.13. The van der Waals surface area contributed by atoms with Gasteiger partial charge in [-0.15, -0.1) is 40.4 Å². The Hall–Kier alpha value is -9.36. The van der Waals surface area contributed by atoms with E-state index in [1.807, 2.05) is 98.3 Å². The molecule has 3 heterocycles. The number of amides is 6. The highest BCUT2D eigenvalue weighted by atomic mass is 35.5. The fraction of sp³-hybridized carbons (Fsp3) is 0.206. The Morgan fingerprint density at radius 1 is 0.559 bits per heavy atom. The van der Waals surface area contributed by atoms with E-state index >= 15 is 4.39 Å². The molecule has 0 aliphatic rings. The Bertz CT molecular complexity index is 4250. The number of nitrogens with one attached hydrogen (secondary N) is 3. The molecule has 1 atom stereocenters. The summed E-state index contributed by atoms with van der Waals surface area (Å²) in [5.41, 5.74) is 3.54. The van der Waals surface area contributed by atoms with Crippen LogP contribution in [-0.4, -0.2) is 67.2 Å². The zero-order valence-electron chi connectivity index (χ0n) is 50.4. The molecule has 93 heavy (non-hydrogen) atoms. The minimum Gasteiger partial charge on any atom is -0.457 e. The molecule has 10 aromatic rings. The molecule has 25 heteroatoms. The lowest BCUT2D eigenvalue weighted by Crippen LogP contribution is -2.42. The Morgan fingerprint density at radius 2 is 1.09 bits per heavy atom. The van der Waals surface area contributed by atoms with Crippen LogP contribution in [0.3, 0.4) is 0 Å².